The molecule has 178 valence electrons. The van der Waals surface area contributed by atoms with Crippen molar-refractivity contribution in [2.24, 2.45) is 5.92 Å². The fourth-order valence-electron chi connectivity index (χ4n) is 4.65. The summed E-state index contributed by atoms with van der Waals surface area (Å²) in [4.78, 5) is 34.2. The van der Waals surface area contributed by atoms with Crippen LogP contribution in [0.15, 0.2) is 36.5 Å². The van der Waals surface area contributed by atoms with Gasteiger partial charge in [0.15, 0.2) is 5.65 Å². The first-order chi connectivity index (χ1) is 16.3. The summed E-state index contributed by atoms with van der Waals surface area (Å²) in [6.07, 6.45) is 4.61. The van der Waals surface area contributed by atoms with E-state index >= 15 is 0 Å². The Morgan fingerprint density at radius 2 is 1.88 bits per heavy atom. The highest BCUT2D eigenvalue weighted by atomic mass is 19.1. The maximum atomic E-state index is 13.4. The Morgan fingerprint density at radius 3 is 2.53 bits per heavy atom. The SMILES string of the molecule is CC(C)c1cc(-c2ccc(F)cc2)nn2cc(C(=O)N3CCN(C(=O)CC4CC4)[C@@H](C)C3)nc12. The molecule has 2 aliphatic rings. The standard InChI is InChI=1S/C26H30FN5O2/c1-16(2)21-13-22(19-6-8-20(27)9-7-19)29-32-15-23(28-25(21)32)26(34)30-10-11-31(17(3)14-30)24(33)12-18-4-5-18/h6-9,13,15-18H,4-5,10-12,14H2,1-3H3/t17-/m0/s1. The molecular weight excluding hydrogens is 433 g/mol. The number of hydrogen-bond acceptors (Lipinski definition) is 4. The minimum absolute atomic E-state index is 0.0181. The molecule has 1 aliphatic carbocycles. The van der Waals surface area contributed by atoms with Crippen LogP contribution in [0, 0.1) is 11.7 Å². The Morgan fingerprint density at radius 1 is 1.15 bits per heavy atom. The van der Waals surface area contributed by atoms with Gasteiger partial charge in [0.05, 0.1) is 11.9 Å². The third-order valence-electron chi connectivity index (χ3n) is 6.83. The Bertz CT molecular complexity index is 1230. The van der Waals surface area contributed by atoms with Crippen molar-refractivity contribution in [3.8, 4) is 11.3 Å². The lowest BCUT2D eigenvalue weighted by Gasteiger charge is -2.39. The van der Waals surface area contributed by atoms with Crippen molar-refractivity contribution in [1.29, 1.82) is 0 Å². The molecule has 2 fully saturated rings. The first-order valence-corrected chi connectivity index (χ1v) is 12.0. The summed E-state index contributed by atoms with van der Waals surface area (Å²) in [5, 5.41) is 4.66. The van der Waals surface area contributed by atoms with Gasteiger partial charge in [0, 0.05) is 43.2 Å². The lowest BCUT2D eigenvalue weighted by molar-refractivity contribution is -0.135. The lowest BCUT2D eigenvalue weighted by atomic mass is 10.0. The zero-order valence-electron chi connectivity index (χ0n) is 19.9. The number of nitrogens with zero attached hydrogens (tertiary/aromatic N) is 5. The number of carbonyl (C=O) groups excluding carboxylic acids is 2. The molecule has 0 unspecified atom stereocenters. The average Bonchev–Trinajstić information content (AvgIpc) is 3.52. The van der Waals surface area contributed by atoms with Crippen LogP contribution < -0.4 is 0 Å². The minimum Gasteiger partial charge on any atom is -0.336 e. The monoisotopic (exact) mass is 463 g/mol. The van der Waals surface area contributed by atoms with Crippen LogP contribution in [-0.2, 0) is 4.79 Å². The van der Waals surface area contributed by atoms with Crippen molar-refractivity contribution < 1.29 is 14.0 Å². The molecule has 1 aliphatic heterocycles. The first kappa shape index (κ1) is 22.5. The average molecular weight is 464 g/mol. The van der Waals surface area contributed by atoms with E-state index in [1.165, 1.54) is 12.1 Å². The highest BCUT2D eigenvalue weighted by Crippen LogP contribution is 2.33. The van der Waals surface area contributed by atoms with Gasteiger partial charge in [-0.15, -0.1) is 0 Å². The summed E-state index contributed by atoms with van der Waals surface area (Å²) < 4.78 is 15.0. The van der Waals surface area contributed by atoms with Crippen LogP contribution >= 0.6 is 0 Å². The Kier molecular flexibility index (Phi) is 5.83. The number of fused-ring (bicyclic) bond motifs is 1. The number of benzene rings is 1. The van der Waals surface area contributed by atoms with E-state index in [0.29, 0.717) is 49.0 Å². The van der Waals surface area contributed by atoms with Crippen LogP contribution in [0.3, 0.4) is 0 Å². The first-order valence-electron chi connectivity index (χ1n) is 12.0. The number of halogens is 1. The van der Waals surface area contributed by atoms with Gasteiger partial charge in [-0.2, -0.15) is 5.10 Å². The molecule has 2 aromatic heterocycles. The molecular formula is C26H30FN5O2. The molecule has 0 N–H and O–H groups in total. The highest BCUT2D eigenvalue weighted by molar-refractivity contribution is 5.93. The summed E-state index contributed by atoms with van der Waals surface area (Å²) in [5.41, 5.74) is 3.46. The molecule has 1 saturated heterocycles. The van der Waals surface area contributed by atoms with Crippen LogP contribution in [0.1, 0.15) is 62.0 Å². The molecule has 3 heterocycles. The van der Waals surface area contributed by atoms with E-state index in [9.17, 15) is 14.0 Å². The van der Waals surface area contributed by atoms with Gasteiger partial charge in [-0.25, -0.2) is 13.9 Å². The predicted octanol–water partition coefficient (Wildman–Crippen LogP) is 4.13. The summed E-state index contributed by atoms with van der Waals surface area (Å²) >= 11 is 0. The molecule has 5 rings (SSSR count). The quantitative estimate of drug-likeness (QED) is 0.570. The molecule has 1 atom stereocenters. The molecule has 7 nitrogen and oxygen atoms in total. The number of carbonyl (C=O) groups is 2. The van der Waals surface area contributed by atoms with E-state index in [4.69, 9.17) is 0 Å². The van der Waals surface area contributed by atoms with Gasteiger partial charge < -0.3 is 9.80 Å². The lowest BCUT2D eigenvalue weighted by Crippen LogP contribution is -2.55. The van der Waals surface area contributed by atoms with Crippen LogP contribution in [0.4, 0.5) is 4.39 Å². The number of piperazine rings is 1. The van der Waals surface area contributed by atoms with Crippen molar-refractivity contribution >= 4 is 17.5 Å². The fourth-order valence-corrected chi connectivity index (χ4v) is 4.65. The molecule has 0 radical (unpaired) electrons. The van der Waals surface area contributed by atoms with Crippen molar-refractivity contribution in [1.82, 2.24) is 24.4 Å². The molecule has 0 spiro atoms. The van der Waals surface area contributed by atoms with Gasteiger partial charge in [0.2, 0.25) is 5.91 Å². The van der Waals surface area contributed by atoms with Crippen LogP contribution in [0.2, 0.25) is 0 Å². The van der Waals surface area contributed by atoms with Crippen LogP contribution in [0.25, 0.3) is 16.9 Å². The third-order valence-corrected chi connectivity index (χ3v) is 6.83. The summed E-state index contributed by atoms with van der Waals surface area (Å²) in [7, 11) is 0. The highest BCUT2D eigenvalue weighted by Gasteiger charge is 2.34. The van der Waals surface area contributed by atoms with E-state index < -0.39 is 0 Å². The van der Waals surface area contributed by atoms with Gasteiger partial charge in [0.25, 0.3) is 5.91 Å². The van der Waals surface area contributed by atoms with Crippen molar-refractivity contribution in [2.45, 2.75) is 52.0 Å². The largest absolute Gasteiger partial charge is 0.336 e. The van der Waals surface area contributed by atoms with Crippen molar-refractivity contribution in [2.75, 3.05) is 19.6 Å². The maximum absolute atomic E-state index is 13.4. The number of aromatic nitrogens is 3. The van der Waals surface area contributed by atoms with Gasteiger partial charge in [-0.3, -0.25) is 9.59 Å². The van der Waals surface area contributed by atoms with Gasteiger partial charge >= 0.3 is 0 Å². The minimum atomic E-state index is -0.298. The zero-order chi connectivity index (χ0) is 24.0. The van der Waals surface area contributed by atoms with Gasteiger partial charge in [-0.1, -0.05) is 13.8 Å². The predicted molar refractivity (Wildman–Crippen MR) is 127 cm³/mol. The van der Waals surface area contributed by atoms with Crippen molar-refractivity contribution in [3.05, 3.63) is 53.6 Å². The normalized spacial score (nSPS) is 18.7. The second kappa shape index (κ2) is 8.81. The number of hydrogen-bond donors (Lipinski definition) is 0. The van der Waals surface area contributed by atoms with Gasteiger partial charge in [-0.05, 0) is 61.9 Å². The van der Waals surface area contributed by atoms with E-state index in [1.807, 2.05) is 17.9 Å². The molecule has 0 bridgehead atoms. The van der Waals surface area contributed by atoms with E-state index in [2.05, 4.69) is 23.9 Å². The van der Waals surface area contributed by atoms with E-state index in [-0.39, 0.29) is 29.6 Å². The molecule has 34 heavy (non-hydrogen) atoms. The summed E-state index contributed by atoms with van der Waals surface area (Å²) in [6.45, 7) is 7.68. The molecule has 3 aromatic rings. The zero-order valence-corrected chi connectivity index (χ0v) is 19.9. The summed E-state index contributed by atoms with van der Waals surface area (Å²) in [6, 6.07) is 8.16. The Balaban J connectivity index is 1.39. The molecule has 2 amide bonds. The number of amides is 2. The topological polar surface area (TPSA) is 70.8 Å². The fraction of sp³-hybridized carbons (Fsp3) is 0.462. The maximum Gasteiger partial charge on any atom is 0.274 e. The number of rotatable bonds is 5. The Labute approximate surface area is 198 Å². The Hall–Kier alpha value is -3.29. The van der Waals surface area contributed by atoms with E-state index in [0.717, 1.165) is 24.0 Å². The second-order valence-corrected chi connectivity index (χ2v) is 9.88. The van der Waals surface area contributed by atoms with Gasteiger partial charge in [0.1, 0.15) is 11.5 Å². The third kappa shape index (κ3) is 4.41. The summed E-state index contributed by atoms with van der Waals surface area (Å²) in [5.74, 6) is 0.475. The van der Waals surface area contributed by atoms with E-state index in [1.54, 1.807) is 27.7 Å². The van der Waals surface area contributed by atoms with Crippen LogP contribution in [-0.4, -0.2) is 61.9 Å². The number of imidazole rings is 1. The smallest absolute Gasteiger partial charge is 0.274 e. The molecule has 8 heteroatoms. The van der Waals surface area contributed by atoms with Crippen LogP contribution in [0.5, 0.6) is 0 Å². The van der Waals surface area contributed by atoms with Crippen molar-refractivity contribution in [3.63, 3.8) is 0 Å². The molecule has 1 aromatic carbocycles. The molecule has 1 saturated carbocycles. The second-order valence-electron chi connectivity index (χ2n) is 9.88.